The summed E-state index contributed by atoms with van der Waals surface area (Å²) in [6.45, 7) is 1.10. The minimum atomic E-state index is -5.06. The molecule has 0 saturated carbocycles. The number of carbonyl (C=O) groups is 1. The second kappa shape index (κ2) is 4.10. The Morgan fingerprint density at radius 3 is 1.93 bits per heavy atom. The molecule has 0 aliphatic rings. The van der Waals surface area contributed by atoms with Crippen molar-refractivity contribution in [3.05, 3.63) is 0 Å². The van der Waals surface area contributed by atoms with Gasteiger partial charge in [-0.1, -0.05) is 6.92 Å². The zero-order valence-electron chi connectivity index (χ0n) is 7.24. The quantitative estimate of drug-likeness (QED) is 0.739. The van der Waals surface area contributed by atoms with Crippen molar-refractivity contribution in [1.29, 1.82) is 0 Å². The van der Waals surface area contributed by atoms with E-state index in [1.807, 2.05) is 0 Å². The van der Waals surface area contributed by atoms with Gasteiger partial charge in [-0.25, -0.2) is 8.78 Å². The van der Waals surface area contributed by atoms with E-state index in [9.17, 15) is 26.7 Å². The van der Waals surface area contributed by atoms with E-state index in [1.165, 1.54) is 0 Å². The fraction of sp³-hybridized carbons (Fsp3) is 0.857. The van der Waals surface area contributed by atoms with Gasteiger partial charge >= 0.3 is 12.1 Å². The van der Waals surface area contributed by atoms with Crippen LogP contribution >= 0.6 is 0 Å². The molecule has 0 saturated heterocycles. The van der Waals surface area contributed by atoms with Gasteiger partial charge in [-0.2, -0.15) is 13.2 Å². The highest BCUT2D eigenvalue weighted by Gasteiger charge is 2.51. The van der Waals surface area contributed by atoms with Gasteiger partial charge in [-0.3, -0.25) is 4.79 Å². The first-order chi connectivity index (χ1) is 6.10. The maximum atomic E-state index is 12.7. The van der Waals surface area contributed by atoms with Crippen LogP contribution in [0.2, 0.25) is 0 Å². The highest BCUT2D eigenvalue weighted by Crippen LogP contribution is 2.38. The predicted octanol–water partition coefficient (Wildman–Crippen LogP) is 2.68. The SMILES string of the molecule is CCC(C(=O)O)C(F)(F)CC(F)(F)F. The minimum absolute atomic E-state index is 0.543. The van der Waals surface area contributed by atoms with Gasteiger partial charge < -0.3 is 5.11 Å². The zero-order valence-corrected chi connectivity index (χ0v) is 7.24. The van der Waals surface area contributed by atoms with Gasteiger partial charge in [0.1, 0.15) is 12.3 Å². The predicted molar refractivity (Wildman–Crippen MR) is 37.0 cm³/mol. The van der Waals surface area contributed by atoms with Crippen LogP contribution in [-0.4, -0.2) is 23.2 Å². The second-order valence-electron chi connectivity index (χ2n) is 2.85. The van der Waals surface area contributed by atoms with Crippen LogP contribution in [0.4, 0.5) is 22.0 Å². The number of carboxylic acids is 1. The van der Waals surface area contributed by atoms with Gasteiger partial charge in [0.15, 0.2) is 0 Å². The third kappa shape index (κ3) is 3.89. The lowest BCUT2D eigenvalue weighted by atomic mass is 9.96. The Bertz CT molecular complexity index is 211. The van der Waals surface area contributed by atoms with Crippen LogP contribution in [-0.2, 0) is 4.79 Å². The number of aliphatic carboxylic acids is 1. The number of hydrogen-bond acceptors (Lipinski definition) is 1. The maximum Gasteiger partial charge on any atom is 0.394 e. The van der Waals surface area contributed by atoms with Crippen molar-refractivity contribution in [2.75, 3.05) is 0 Å². The molecule has 0 fully saturated rings. The number of halogens is 5. The Labute approximate surface area is 76.7 Å². The summed E-state index contributed by atoms with van der Waals surface area (Å²) in [7, 11) is 0. The van der Waals surface area contributed by atoms with Crippen molar-refractivity contribution < 1.29 is 31.9 Å². The summed E-state index contributed by atoms with van der Waals surface area (Å²) in [6, 6.07) is 0. The third-order valence-electron chi connectivity index (χ3n) is 1.65. The topological polar surface area (TPSA) is 37.3 Å². The molecule has 0 spiro atoms. The molecule has 7 heteroatoms. The maximum absolute atomic E-state index is 12.7. The Morgan fingerprint density at radius 1 is 1.29 bits per heavy atom. The molecular weight excluding hydrogens is 211 g/mol. The lowest BCUT2D eigenvalue weighted by Gasteiger charge is -2.23. The summed E-state index contributed by atoms with van der Waals surface area (Å²) in [6.07, 6.45) is -8.00. The second-order valence-corrected chi connectivity index (χ2v) is 2.85. The van der Waals surface area contributed by atoms with Gasteiger partial charge in [0.25, 0.3) is 5.92 Å². The van der Waals surface area contributed by atoms with Crippen LogP contribution < -0.4 is 0 Å². The molecule has 84 valence electrons. The van der Waals surface area contributed by atoms with E-state index in [-0.39, 0.29) is 0 Å². The van der Waals surface area contributed by atoms with Crippen LogP contribution in [0.3, 0.4) is 0 Å². The van der Waals surface area contributed by atoms with E-state index < -0.39 is 36.8 Å². The zero-order chi connectivity index (χ0) is 11.6. The average molecular weight is 220 g/mol. The number of rotatable bonds is 4. The van der Waals surface area contributed by atoms with Crippen LogP contribution in [0.25, 0.3) is 0 Å². The van der Waals surface area contributed by atoms with E-state index >= 15 is 0 Å². The molecule has 0 radical (unpaired) electrons. The van der Waals surface area contributed by atoms with E-state index in [2.05, 4.69) is 0 Å². The molecule has 0 heterocycles. The standard InChI is InChI=1S/C7H9F5O2/c1-2-4(5(13)14)6(8,9)3-7(10,11)12/h4H,2-3H2,1H3,(H,13,14). The third-order valence-corrected chi connectivity index (χ3v) is 1.65. The molecule has 0 aromatic heterocycles. The summed E-state index contributed by atoms with van der Waals surface area (Å²) in [5, 5.41) is 8.26. The van der Waals surface area contributed by atoms with E-state index in [0.29, 0.717) is 0 Å². The summed E-state index contributed by atoms with van der Waals surface area (Å²) in [5.74, 6) is -8.45. The molecule has 1 unspecified atom stereocenters. The lowest BCUT2D eigenvalue weighted by molar-refractivity contribution is -0.207. The van der Waals surface area contributed by atoms with Crippen LogP contribution in [0.5, 0.6) is 0 Å². The van der Waals surface area contributed by atoms with Crippen LogP contribution in [0.1, 0.15) is 19.8 Å². The molecule has 0 bridgehead atoms. The minimum Gasteiger partial charge on any atom is -0.481 e. The van der Waals surface area contributed by atoms with Gasteiger partial charge in [-0.15, -0.1) is 0 Å². The first-order valence-corrected chi connectivity index (χ1v) is 3.77. The monoisotopic (exact) mass is 220 g/mol. The largest absolute Gasteiger partial charge is 0.481 e. The van der Waals surface area contributed by atoms with Crippen molar-refractivity contribution in [3.63, 3.8) is 0 Å². The fourth-order valence-electron chi connectivity index (χ4n) is 1.04. The lowest BCUT2D eigenvalue weighted by Crippen LogP contribution is -2.38. The highest BCUT2D eigenvalue weighted by atomic mass is 19.4. The van der Waals surface area contributed by atoms with Crippen molar-refractivity contribution in [3.8, 4) is 0 Å². The molecule has 14 heavy (non-hydrogen) atoms. The van der Waals surface area contributed by atoms with Crippen molar-refractivity contribution >= 4 is 5.97 Å². The van der Waals surface area contributed by atoms with Crippen LogP contribution in [0.15, 0.2) is 0 Å². The molecule has 0 aliphatic carbocycles. The normalized spacial score (nSPS) is 15.3. The number of carboxylic acid groups (broad SMARTS) is 1. The molecule has 0 aromatic carbocycles. The Hall–Kier alpha value is -0.880. The molecule has 2 nitrogen and oxygen atoms in total. The molecule has 0 aromatic rings. The molecule has 1 atom stereocenters. The molecule has 0 aliphatic heterocycles. The van der Waals surface area contributed by atoms with Crippen molar-refractivity contribution in [2.45, 2.75) is 31.9 Å². The molecule has 0 rings (SSSR count). The number of hydrogen-bond donors (Lipinski definition) is 1. The Morgan fingerprint density at radius 2 is 1.71 bits per heavy atom. The first-order valence-electron chi connectivity index (χ1n) is 3.77. The van der Waals surface area contributed by atoms with Gasteiger partial charge in [0.05, 0.1) is 0 Å². The summed E-state index contributed by atoms with van der Waals surface area (Å²) >= 11 is 0. The molecular formula is C7H9F5O2. The summed E-state index contributed by atoms with van der Waals surface area (Å²) in [4.78, 5) is 10.2. The van der Waals surface area contributed by atoms with E-state index in [4.69, 9.17) is 5.11 Å². The van der Waals surface area contributed by atoms with Crippen LogP contribution in [0, 0.1) is 5.92 Å². The van der Waals surface area contributed by atoms with E-state index in [0.717, 1.165) is 6.92 Å². The van der Waals surface area contributed by atoms with Gasteiger partial charge in [-0.05, 0) is 6.42 Å². The first kappa shape index (κ1) is 13.1. The van der Waals surface area contributed by atoms with Gasteiger partial charge in [0, 0.05) is 0 Å². The summed E-state index contributed by atoms with van der Waals surface area (Å²) in [5.41, 5.74) is 0. The smallest absolute Gasteiger partial charge is 0.394 e. The fourth-order valence-corrected chi connectivity index (χ4v) is 1.04. The number of alkyl halides is 5. The average Bonchev–Trinajstić information content (AvgIpc) is 1.79. The molecule has 1 N–H and O–H groups in total. The Kier molecular flexibility index (Phi) is 3.84. The van der Waals surface area contributed by atoms with Crippen molar-refractivity contribution in [1.82, 2.24) is 0 Å². The van der Waals surface area contributed by atoms with E-state index in [1.54, 1.807) is 0 Å². The Balaban J connectivity index is 4.65. The molecule has 0 amide bonds. The van der Waals surface area contributed by atoms with Crippen molar-refractivity contribution in [2.24, 2.45) is 5.92 Å². The van der Waals surface area contributed by atoms with Gasteiger partial charge in [0.2, 0.25) is 0 Å². The highest BCUT2D eigenvalue weighted by molar-refractivity contribution is 5.71. The summed E-state index contributed by atoms with van der Waals surface area (Å²) < 4.78 is 60.4.